The monoisotopic (exact) mass is 254 g/mol. The van der Waals surface area contributed by atoms with E-state index in [2.05, 4.69) is 19.9 Å². The summed E-state index contributed by atoms with van der Waals surface area (Å²) in [6.07, 6.45) is 0.932. The topological polar surface area (TPSA) is 97.9 Å². The van der Waals surface area contributed by atoms with E-state index < -0.39 is 11.6 Å². The van der Waals surface area contributed by atoms with Gasteiger partial charge in [0.1, 0.15) is 6.73 Å². The number of aliphatic hydroxyl groups excluding tert-OH is 1. The Morgan fingerprint density at radius 3 is 2.83 bits per heavy atom. The SMILES string of the molecule is CCCCN(CO)c1nc2nc([18F])[nH]c2c(=O)[nH]1. The zero-order valence-electron chi connectivity index (χ0n) is 9.90. The Bertz CT molecular complexity index is 593. The first-order valence-corrected chi connectivity index (χ1v) is 5.67. The van der Waals surface area contributed by atoms with Crippen molar-refractivity contribution < 1.29 is 9.50 Å². The minimum Gasteiger partial charge on any atom is -0.376 e. The third kappa shape index (κ3) is 2.33. The first-order chi connectivity index (χ1) is 8.65. The van der Waals surface area contributed by atoms with E-state index in [0.29, 0.717) is 6.54 Å². The summed E-state index contributed by atoms with van der Waals surface area (Å²) in [4.78, 5) is 25.3. The summed E-state index contributed by atoms with van der Waals surface area (Å²) >= 11 is 0. The second-order valence-electron chi connectivity index (χ2n) is 3.87. The van der Waals surface area contributed by atoms with Gasteiger partial charge in [-0.05, 0) is 6.42 Å². The number of fused-ring (bicyclic) bond motifs is 1. The fraction of sp³-hybridized carbons (Fsp3) is 0.500. The third-order valence-corrected chi connectivity index (χ3v) is 2.57. The highest BCUT2D eigenvalue weighted by molar-refractivity contribution is 5.69. The van der Waals surface area contributed by atoms with Crippen molar-refractivity contribution in [2.45, 2.75) is 19.8 Å². The van der Waals surface area contributed by atoms with Crippen LogP contribution in [0.1, 0.15) is 19.8 Å². The van der Waals surface area contributed by atoms with Gasteiger partial charge in [-0.25, -0.2) is 0 Å². The second kappa shape index (κ2) is 5.13. The maximum Gasteiger partial charge on any atom is 0.289 e. The van der Waals surface area contributed by atoms with Gasteiger partial charge in [0.15, 0.2) is 11.2 Å². The number of anilines is 1. The first-order valence-electron chi connectivity index (χ1n) is 5.67. The van der Waals surface area contributed by atoms with Crippen molar-refractivity contribution in [2.75, 3.05) is 18.2 Å². The van der Waals surface area contributed by atoms with Crippen molar-refractivity contribution >= 4 is 17.1 Å². The van der Waals surface area contributed by atoms with Crippen molar-refractivity contribution in [3.8, 4) is 0 Å². The van der Waals surface area contributed by atoms with E-state index in [1.165, 1.54) is 4.90 Å². The molecule has 2 aromatic rings. The zero-order chi connectivity index (χ0) is 13.1. The first kappa shape index (κ1) is 12.5. The number of unbranched alkanes of at least 4 members (excludes halogenated alkanes) is 1. The summed E-state index contributed by atoms with van der Waals surface area (Å²) in [5, 5.41) is 9.24. The molecule has 0 bridgehead atoms. The average molecular weight is 254 g/mol. The molecule has 2 rings (SSSR count). The van der Waals surface area contributed by atoms with Gasteiger partial charge < -0.3 is 15.0 Å². The smallest absolute Gasteiger partial charge is 0.289 e. The van der Waals surface area contributed by atoms with Gasteiger partial charge in [0, 0.05) is 6.54 Å². The van der Waals surface area contributed by atoms with Crippen LogP contribution in [0.4, 0.5) is 10.3 Å². The summed E-state index contributed by atoms with van der Waals surface area (Å²) < 4.78 is 12.9. The lowest BCUT2D eigenvalue weighted by Gasteiger charge is -2.19. The Labute approximate surface area is 102 Å². The predicted molar refractivity (Wildman–Crippen MR) is 63.8 cm³/mol. The molecule has 18 heavy (non-hydrogen) atoms. The Morgan fingerprint density at radius 1 is 1.39 bits per heavy atom. The van der Waals surface area contributed by atoms with Crippen LogP contribution in [0, 0.1) is 6.08 Å². The lowest BCUT2D eigenvalue weighted by Crippen LogP contribution is -2.29. The van der Waals surface area contributed by atoms with Gasteiger partial charge >= 0.3 is 0 Å². The highest BCUT2D eigenvalue weighted by Crippen LogP contribution is 2.10. The lowest BCUT2D eigenvalue weighted by molar-refractivity contribution is 0.288. The largest absolute Gasteiger partial charge is 0.376 e. The highest BCUT2D eigenvalue weighted by atomic mass is 18.2. The van der Waals surface area contributed by atoms with Crippen LogP contribution in [0.25, 0.3) is 11.2 Å². The van der Waals surface area contributed by atoms with E-state index in [4.69, 9.17) is 0 Å². The molecule has 0 saturated heterocycles. The molecule has 0 aliphatic rings. The maximum absolute atomic E-state index is 12.9. The second-order valence-corrected chi connectivity index (χ2v) is 3.87. The molecule has 0 amide bonds. The van der Waals surface area contributed by atoms with Crippen LogP contribution in [0.3, 0.4) is 0 Å². The number of nitrogens with zero attached hydrogens (tertiary/aromatic N) is 3. The summed E-state index contributed by atoms with van der Waals surface area (Å²) in [6.45, 7) is 2.29. The number of aromatic amines is 2. The van der Waals surface area contributed by atoms with E-state index in [9.17, 15) is 14.3 Å². The van der Waals surface area contributed by atoms with Gasteiger partial charge in [0.05, 0.1) is 0 Å². The van der Waals surface area contributed by atoms with Gasteiger partial charge in [-0.15, -0.1) is 0 Å². The Morgan fingerprint density at radius 2 is 2.17 bits per heavy atom. The van der Waals surface area contributed by atoms with Crippen LogP contribution in [0.5, 0.6) is 0 Å². The van der Waals surface area contributed by atoms with Crippen LogP contribution < -0.4 is 10.5 Å². The summed E-state index contributed by atoms with van der Waals surface area (Å²) in [5.74, 6) is 0.190. The number of aromatic nitrogens is 4. The molecule has 0 unspecified atom stereocenters. The van der Waals surface area contributed by atoms with Crippen LogP contribution in [0.2, 0.25) is 0 Å². The van der Waals surface area contributed by atoms with Crippen molar-refractivity contribution in [1.29, 1.82) is 0 Å². The molecular formula is C10H14FN5O2. The summed E-state index contributed by atoms with van der Waals surface area (Å²) in [6, 6.07) is 0. The number of hydrogen-bond acceptors (Lipinski definition) is 5. The molecule has 2 heterocycles. The molecular weight excluding hydrogens is 240 g/mol. The van der Waals surface area contributed by atoms with Gasteiger partial charge in [-0.3, -0.25) is 9.78 Å². The molecule has 0 aliphatic heterocycles. The van der Waals surface area contributed by atoms with Gasteiger partial charge in [0.25, 0.3) is 11.6 Å². The molecule has 0 atom stereocenters. The van der Waals surface area contributed by atoms with E-state index in [1.807, 2.05) is 6.92 Å². The summed E-state index contributed by atoms with van der Waals surface area (Å²) in [7, 11) is 0. The molecule has 0 fully saturated rings. The fourth-order valence-electron chi connectivity index (χ4n) is 1.61. The van der Waals surface area contributed by atoms with E-state index >= 15 is 0 Å². The van der Waals surface area contributed by atoms with Crippen molar-refractivity contribution in [3.05, 3.63) is 16.4 Å². The molecule has 0 aromatic carbocycles. The van der Waals surface area contributed by atoms with Crippen LogP contribution in [-0.4, -0.2) is 38.3 Å². The van der Waals surface area contributed by atoms with E-state index in [1.54, 1.807) is 0 Å². The standard InChI is InChI=1S/C10H14FN5O2/c1-2-3-4-16(5-17)10-14-7-6(8(18)15-10)12-9(11)13-7/h17H,2-5H2,1H3,(H2,12,13,14,15,18)/i11-1. The lowest BCUT2D eigenvalue weighted by atomic mass is 10.3. The molecule has 0 saturated carbocycles. The van der Waals surface area contributed by atoms with Crippen molar-refractivity contribution in [3.63, 3.8) is 0 Å². The molecule has 0 spiro atoms. The number of imidazole rings is 1. The number of hydrogen-bond donors (Lipinski definition) is 3. The minimum absolute atomic E-state index is 0.00111. The van der Waals surface area contributed by atoms with Crippen LogP contribution in [-0.2, 0) is 0 Å². The molecule has 3 N–H and O–H groups in total. The summed E-state index contributed by atoms with van der Waals surface area (Å²) in [5.41, 5.74) is -0.521. The molecule has 2 aromatic heterocycles. The number of H-pyrrole nitrogens is 2. The Balaban J connectivity index is 2.41. The van der Waals surface area contributed by atoms with Crippen LogP contribution >= 0.6 is 0 Å². The third-order valence-electron chi connectivity index (χ3n) is 2.57. The average Bonchev–Trinajstić information content (AvgIpc) is 2.71. The normalized spacial score (nSPS) is 11.1. The number of rotatable bonds is 5. The molecule has 7 nitrogen and oxygen atoms in total. The number of aliphatic hydroxyl groups is 1. The molecule has 8 heteroatoms. The minimum atomic E-state index is -0.857. The van der Waals surface area contributed by atoms with Crippen LogP contribution in [0.15, 0.2) is 4.79 Å². The van der Waals surface area contributed by atoms with Crippen molar-refractivity contribution in [1.82, 2.24) is 19.9 Å². The molecule has 0 aliphatic carbocycles. The van der Waals surface area contributed by atoms with E-state index in [0.717, 1.165) is 12.8 Å². The fourth-order valence-corrected chi connectivity index (χ4v) is 1.61. The highest BCUT2D eigenvalue weighted by Gasteiger charge is 2.13. The van der Waals surface area contributed by atoms with Gasteiger partial charge in [-0.2, -0.15) is 14.4 Å². The number of halogens is 1. The quantitative estimate of drug-likeness (QED) is 0.528. The molecule has 98 valence electrons. The zero-order valence-corrected chi connectivity index (χ0v) is 9.90. The van der Waals surface area contributed by atoms with E-state index in [-0.39, 0.29) is 23.8 Å². The number of nitrogens with one attached hydrogen (secondary N) is 2. The van der Waals surface area contributed by atoms with Gasteiger partial charge in [-0.1, -0.05) is 13.3 Å². The molecule has 0 radical (unpaired) electrons. The van der Waals surface area contributed by atoms with Gasteiger partial charge in [0.2, 0.25) is 5.95 Å². The van der Waals surface area contributed by atoms with Crippen molar-refractivity contribution in [2.24, 2.45) is 0 Å². The Kier molecular flexibility index (Phi) is 3.56. The Hall–Kier alpha value is -1.96. The maximum atomic E-state index is 12.9. The predicted octanol–water partition coefficient (Wildman–Crippen LogP) is 0.342.